The van der Waals surface area contributed by atoms with Crippen LogP contribution in [0.2, 0.25) is 18.1 Å². The summed E-state index contributed by atoms with van der Waals surface area (Å²) in [6, 6.07) is 6.21. The lowest BCUT2D eigenvalue weighted by atomic mass is 10.1. The van der Waals surface area contributed by atoms with Crippen LogP contribution in [-0.2, 0) is 11.3 Å². The van der Waals surface area contributed by atoms with Crippen molar-refractivity contribution in [2.75, 3.05) is 13.2 Å². The van der Waals surface area contributed by atoms with Gasteiger partial charge >= 0.3 is 0 Å². The second kappa shape index (κ2) is 11.3. The van der Waals surface area contributed by atoms with Crippen LogP contribution in [0.1, 0.15) is 58.4 Å². The van der Waals surface area contributed by atoms with Gasteiger partial charge in [-0.05, 0) is 29.7 Å². The zero-order chi connectivity index (χ0) is 18.0. The van der Waals surface area contributed by atoms with Gasteiger partial charge in [-0.2, -0.15) is 0 Å². The van der Waals surface area contributed by atoms with E-state index >= 15 is 0 Å². The first-order valence-electron chi connectivity index (χ1n) is 9.16. The average molecular weight is 414 g/mol. The summed E-state index contributed by atoms with van der Waals surface area (Å²) in [4.78, 5) is 0. The Labute approximate surface area is 159 Å². The van der Waals surface area contributed by atoms with Crippen molar-refractivity contribution in [1.29, 1.82) is 0 Å². The summed E-state index contributed by atoms with van der Waals surface area (Å²) >= 11 is 3.56. The molecule has 0 fully saturated rings. The van der Waals surface area contributed by atoms with Gasteiger partial charge in [-0.15, -0.1) is 0 Å². The first-order chi connectivity index (χ1) is 11.4. The van der Waals surface area contributed by atoms with Gasteiger partial charge in [-0.25, -0.2) is 0 Å². The number of hydrogen-bond donors (Lipinski definition) is 0. The Kier molecular flexibility index (Phi) is 10.2. The van der Waals surface area contributed by atoms with Crippen LogP contribution in [0.15, 0.2) is 22.7 Å². The second-order valence-electron chi connectivity index (χ2n) is 7.39. The summed E-state index contributed by atoms with van der Waals surface area (Å²) < 4.78 is 13.1. The van der Waals surface area contributed by atoms with Crippen LogP contribution in [0.25, 0.3) is 0 Å². The van der Waals surface area contributed by atoms with Crippen LogP contribution in [-0.4, -0.2) is 22.0 Å². The van der Waals surface area contributed by atoms with Crippen molar-refractivity contribution in [3.8, 4) is 5.75 Å². The van der Waals surface area contributed by atoms with E-state index in [0.29, 0.717) is 6.61 Å². The maximum absolute atomic E-state index is 6.03. The highest BCUT2D eigenvalue weighted by Gasteiger charge is 2.24. The van der Waals surface area contributed by atoms with Gasteiger partial charge in [0.25, 0.3) is 0 Å². The summed E-state index contributed by atoms with van der Waals surface area (Å²) in [6.45, 7) is 13.8. The third-order valence-electron chi connectivity index (χ3n) is 4.60. The Morgan fingerprint density at radius 1 is 1.08 bits per heavy atom. The van der Waals surface area contributed by atoms with Crippen molar-refractivity contribution < 1.29 is 9.47 Å². The molecule has 1 radical (unpaired) electrons. The predicted molar refractivity (Wildman–Crippen MR) is 110 cm³/mol. The normalized spacial score (nSPS) is 12.0. The Morgan fingerprint density at radius 3 is 2.46 bits per heavy atom. The van der Waals surface area contributed by atoms with Crippen molar-refractivity contribution in [3.05, 3.63) is 28.2 Å². The summed E-state index contributed by atoms with van der Waals surface area (Å²) in [5, 5.41) is 0.289. The fraction of sp³-hybridized carbons (Fsp3) is 0.700. The maximum Gasteiger partial charge on any atom is 0.124 e. The highest BCUT2D eigenvalue weighted by molar-refractivity contribution is 9.10. The van der Waals surface area contributed by atoms with Gasteiger partial charge in [0.1, 0.15) is 5.75 Å². The van der Waals surface area contributed by atoms with Crippen LogP contribution in [0.5, 0.6) is 5.75 Å². The van der Waals surface area contributed by atoms with E-state index in [9.17, 15) is 0 Å². The molecule has 0 spiro atoms. The summed E-state index contributed by atoms with van der Waals surface area (Å²) in [5.41, 5.74) is 1.13. The summed E-state index contributed by atoms with van der Waals surface area (Å²) in [5.74, 6) is 0.963. The summed E-state index contributed by atoms with van der Waals surface area (Å²) in [6.07, 6.45) is 6.29. The van der Waals surface area contributed by atoms with Crippen LogP contribution in [0, 0.1) is 0 Å². The number of halogens is 1. The predicted octanol–water partition coefficient (Wildman–Crippen LogP) is 6.85. The molecule has 0 atom stereocenters. The van der Waals surface area contributed by atoms with Crippen molar-refractivity contribution in [3.63, 3.8) is 0 Å². The number of unbranched alkanes of at least 4 members (excludes halogenated alkanes) is 4. The molecule has 1 aromatic rings. The third-order valence-corrected chi connectivity index (χ3v) is 7.95. The van der Waals surface area contributed by atoms with Crippen molar-refractivity contribution in [1.82, 2.24) is 0 Å². The van der Waals surface area contributed by atoms with Crippen molar-refractivity contribution in [2.24, 2.45) is 0 Å². The standard InChI is InChI=1S/C20H34BrO2Si/c1-6-7-8-9-10-13-23-19-12-11-18(21)14-17(19)15-22-16-20(2,3)24(4)5/h11-12,14H,6-10,13,15-16H2,1-5H3. The lowest BCUT2D eigenvalue weighted by Crippen LogP contribution is -2.26. The largest absolute Gasteiger partial charge is 0.493 e. The fourth-order valence-corrected chi connectivity index (χ4v) is 3.05. The molecule has 0 amide bonds. The highest BCUT2D eigenvalue weighted by atomic mass is 79.9. The minimum Gasteiger partial charge on any atom is -0.493 e. The first kappa shape index (κ1) is 21.7. The molecule has 0 aromatic heterocycles. The molecular formula is C20H34BrO2Si. The molecule has 137 valence electrons. The van der Waals surface area contributed by atoms with Gasteiger partial charge in [0.15, 0.2) is 0 Å². The summed E-state index contributed by atoms with van der Waals surface area (Å²) in [7, 11) is -0.373. The van der Waals surface area contributed by atoms with E-state index in [1.54, 1.807) is 0 Å². The molecule has 0 N–H and O–H groups in total. The van der Waals surface area contributed by atoms with Gasteiger partial charge in [-0.1, -0.05) is 75.5 Å². The molecular weight excluding hydrogens is 380 g/mol. The zero-order valence-corrected chi connectivity index (χ0v) is 18.7. The van der Waals surface area contributed by atoms with Crippen LogP contribution in [0.3, 0.4) is 0 Å². The minimum atomic E-state index is -0.373. The Balaban J connectivity index is 2.49. The smallest absolute Gasteiger partial charge is 0.124 e. The van der Waals surface area contributed by atoms with Crippen molar-refractivity contribution >= 4 is 24.7 Å². The fourth-order valence-electron chi connectivity index (χ4n) is 2.25. The molecule has 0 saturated carbocycles. The lowest BCUT2D eigenvalue weighted by Gasteiger charge is -2.27. The Bertz CT molecular complexity index is 475. The molecule has 2 nitrogen and oxygen atoms in total. The molecule has 1 rings (SSSR count). The van der Waals surface area contributed by atoms with Crippen molar-refractivity contribution in [2.45, 2.75) is 77.6 Å². The van der Waals surface area contributed by atoms with E-state index in [4.69, 9.17) is 9.47 Å². The topological polar surface area (TPSA) is 18.5 Å². The molecule has 4 heteroatoms. The van der Waals surface area contributed by atoms with Crippen LogP contribution < -0.4 is 4.74 Å². The SMILES string of the molecule is CCCCCCCOc1ccc(Br)cc1COCC(C)(C)[Si](C)C. The van der Waals surface area contributed by atoms with Gasteiger partial charge in [0.2, 0.25) is 0 Å². The van der Waals surface area contributed by atoms with E-state index in [-0.39, 0.29) is 13.8 Å². The van der Waals surface area contributed by atoms with Crippen LogP contribution in [0.4, 0.5) is 0 Å². The molecule has 0 bridgehead atoms. The quantitative estimate of drug-likeness (QED) is 0.275. The molecule has 0 saturated heterocycles. The third kappa shape index (κ3) is 8.17. The molecule has 24 heavy (non-hydrogen) atoms. The highest BCUT2D eigenvalue weighted by Crippen LogP contribution is 2.30. The van der Waals surface area contributed by atoms with E-state index in [1.165, 1.54) is 25.7 Å². The second-order valence-corrected chi connectivity index (χ2v) is 11.7. The molecule has 0 aliphatic rings. The van der Waals surface area contributed by atoms with Gasteiger partial charge < -0.3 is 9.47 Å². The Hall–Kier alpha value is -0.323. The Morgan fingerprint density at radius 2 is 1.79 bits per heavy atom. The zero-order valence-electron chi connectivity index (χ0n) is 16.1. The molecule has 0 aliphatic carbocycles. The van der Waals surface area contributed by atoms with E-state index in [1.807, 2.05) is 6.07 Å². The minimum absolute atomic E-state index is 0.289. The number of ether oxygens (including phenoxy) is 2. The van der Waals surface area contributed by atoms with E-state index < -0.39 is 0 Å². The lowest BCUT2D eigenvalue weighted by molar-refractivity contribution is 0.0984. The molecule has 1 aromatic carbocycles. The molecule has 0 unspecified atom stereocenters. The first-order valence-corrected chi connectivity index (χ1v) is 12.5. The van der Waals surface area contributed by atoms with Gasteiger partial charge in [-0.3, -0.25) is 0 Å². The molecule has 0 heterocycles. The number of benzene rings is 1. The van der Waals surface area contributed by atoms with Gasteiger partial charge in [0.05, 0.1) is 22.0 Å². The molecule has 0 aliphatic heterocycles. The monoisotopic (exact) mass is 413 g/mol. The van der Waals surface area contributed by atoms with E-state index in [2.05, 4.69) is 61.9 Å². The number of hydrogen-bond acceptors (Lipinski definition) is 2. The number of rotatable bonds is 12. The van der Waals surface area contributed by atoms with Gasteiger partial charge in [0, 0.05) is 16.6 Å². The maximum atomic E-state index is 6.03. The van der Waals surface area contributed by atoms with Crippen LogP contribution >= 0.6 is 15.9 Å². The van der Waals surface area contributed by atoms with E-state index in [0.717, 1.165) is 35.4 Å². The average Bonchev–Trinajstić information content (AvgIpc) is 2.52.